The van der Waals surface area contributed by atoms with Gasteiger partial charge in [0.05, 0.1) is 6.54 Å². The topological polar surface area (TPSA) is 58.2 Å². The Balaban J connectivity index is 1.91. The number of nitrogens with one attached hydrogen (secondary N) is 2. The number of hydrogen-bond acceptors (Lipinski definition) is 2. The first-order valence-electron chi connectivity index (χ1n) is 6.56. The lowest BCUT2D eigenvalue weighted by atomic mass is 10.2. The van der Waals surface area contributed by atoms with Crippen LogP contribution in [0.2, 0.25) is 5.02 Å². The third kappa shape index (κ3) is 4.32. The van der Waals surface area contributed by atoms with Gasteiger partial charge in [-0.05, 0) is 48.9 Å². The van der Waals surface area contributed by atoms with E-state index < -0.39 is 0 Å². The molecule has 0 unspecified atom stereocenters. The molecule has 0 heterocycles. The minimum absolute atomic E-state index is 0.110. The molecule has 2 N–H and O–H groups in total. The van der Waals surface area contributed by atoms with E-state index in [1.54, 1.807) is 42.5 Å². The highest BCUT2D eigenvalue weighted by Gasteiger charge is 2.10. The number of benzene rings is 2. The van der Waals surface area contributed by atoms with Crippen LogP contribution in [0.3, 0.4) is 0 Å². The molecule has 2 aromatic carbocycles. The molecule has 0 atom stereocenters. The first-order chi connectivity index (χ1) is 10.5. The van der Waals surface area contributed by atoms with Gasteiger partial charge in [0.1, 0.15) is 0 Å². The smallest absolute Gasteiger partial charge is 0.251 e. The Bertz CT molecular complexity index is 702. The summed E-state index contributed by atoms with van der Waals surface area (Å²) in [5.74, 6) is -0.610. The molecule has 0 spiro atoms. The molecule has 0 fully saturated rings. The van der Waals surface area contributed by atoms with Crippen LogP contribution in [0.5, 0.6) is 0 Å². The molecule has 0 aliphatic heterocycles. The van der Waals surface area contributed by atoms with Crippen LogP contribution in [-0.4, -0.2) is 18.4 Å². The molecular weight excluding hydrogens is 368 g/mol. The summed E-state index contributed by atoms with van der Waals surface area (Å²) in [5, 5.41) is 5.87. The summed E-state index contributed by atoms with van der Waals surface area (Å²) in [6.07, 6.45) is 0. The lowest BCUT2D eigenvalue weighted by Gasteiger charge is -2.10. The number of hydrogen-bond donors (Lipinski definition) is 2. The van der Waals surface area contributed by atoms with Crippen LogP contribution < -0.4 is 10.6 Å². The summed E-state index contributed by atoms with van der Waals surface area (Å²) in [4.78, 5) is 23.8. The number of halogens is 2. The molecule has 0 bridgehead atoms. The van der Waals surface area contributed by atoms with Gasteiger partial charge in [-0.15, -0.1) is 0 Å². The van der Waals surface area contributed by atoms with E-state index in [9.17, 15) is 9.59 Å². The van der Waals surface area contributed by atoms with Gasteiger partial charge in [-0.1, -0.05) is 33.6 Å². The van der Waals surface area contributed by atoms with Crippen molar-refractivity contribution in [2.45, 2.75) is 6.92 Å². The average molecular weight is 382 g/mol. The van der Waals surface area contributed by atoms with E-state index in [0.29, 0.717) is 16.3 Å². The molecule has 0 aliphatic carbocycles. The van der Waals surface area contributed by atoms with E-state index in [-0.39, 0.29) is 18.4 Å². The second kappa shape index (κ2) is 7.42. The van der Waals surface area contributed by atoms with Crippen LogP contribution >= 0.6 is 27.5 Å². The molecule has 0 aliphatic rings. The van der Waals surface area contributed by atoms with Gasteiger partial charge >= 0.3 is 0 Å². The zero-order valence-corrected chi connectivity index (χ0v) is 14.2. The molecule has 0 saturated heterocycles. The van der Waals surface area contributed by atoms with Crippen LogP contribution in [-0.2, 0) is 4.79 Å². The molecule has 0 radical (unpaired) electrons. The number of carbonyl (C=O) groups excluding carboxylic acids is 2. The maximum atomic E-state index is 11.9. The second-order valence-electron chi connectivity index (χ2n) is 4.65. The summed E-state index contributed by atoms with van der Waals surface area (Å²) < 4.78 is 0.887. The Hall–Kier alpha value is -1.85. The minimum atomic E-state index is -0.309. The van der Waals surface area contributed by atoms with Crippen LogP contribution in [0.15, 0.2) is 46.9 Å². The summed E-state index contributed by atoms with van der Waals surface area (Å²) >= 11 is 9.29. The maximum absolute atomic E-state index is 11.9. The lowest BCUT2D eigenvalue weighted by Crippen LogP contribution is -2.32. The van der Waals surface area contributed by atoms with Gasteiger partial charge in [0.2, 0.25) is 5.91 Å². The van der Waals surface area contributed by atoms with E-state index in [4.69, 9.17) is 11.6 Å². The molecular formula is C16H14BrClN2O2. The van der Waals surface area contributed by atoms with Gasteiger partial charge < -0.3 is 10.6 Å². The van der Waals surface area contributed by atoms with Crippen molar-refractivity contribution in [3.63, 3.8) is 0 Å². The summed E-state index contributed by atoms with van der Waals surface area (Å²) in [6.45, 7) is 1.71. The molecule has 0 aromatic heterocycles. The van der Waals surface area contributed by atoms with Gasteiger partial charge in [-0.25, -0.2) is 0 Å². The minimum Gasteiger partial charge on any atom is -0.343 e. The number of anilines is 1. The molecule has 2 amide bonds. The molecule has 0 saturated carbocycles. The van der Waals surface area contributed by atoms with Crippen molar-refractivity contribution in [2.75, 3.05) is 11.9 Å². The highest BCUT2D eigenvalue weighted by Crippen LogP contribution is 2.22. The van der Waals surface area contributed by atoms with Crippen molar-refractivity contribution in [2.24, 2.45) is 0 Å². The summed E-state index contributed by atoms with van der Waals surface area (Å²) in [7, 11) is 0. The van der Waals surface area contributed by atoms with Crippen molar-refractivity contribution >= 4 is 45.0 Å². The van der Waals surface area contributed by atoms with E-state index in [0.717, 1.165) is 10.0 Å². The van der Waals surface area contributed by atoms with E-state index >= 15 is 0 Å². The fourth-order valence-corrected chi connectivity index (χ4v) is 2.24. The normalized spacial score (nSPS) is 10.1. The SMILES string of the molecule is Cc1c(Cl)cccc1NC(=O)CNC(=O)c1ccc(Br)cc1. The van der Waals surface area contributed by atoms with Crippen LogP contribution in [0.4, 0.5) is 5.69 Å². The molecule has 2 rings (SSSR count). The fourth-order valence-electron chi connectivity index (χ4n) is 1.80. The first-order valence-corrected chi connectivity index (χ1v) is 7.73. The van der Waals surface area contributed by atoms with Crippen molar-refractivity contribution in [3.8, 4) is 0 Å². The van der Waals surface area contributed by atoms with Crippen molar-refractivity contribution in [1.82, 2.24) is 5.32 Å². The maximum Gasteiger partial charge on any atom is 0.251 e. The molecule has 6 heteroatoms. The molecule has 2 aromatic rings. The van der Waals surface area contributed by atoms with Crippen molar-refractivity contribution in [1.29, 1.82) is 0 Å². The predicted molar refractivity (Wildman–Crippen MR) is 91.3 cm³/mol. The Morgan fingerprint density at radius 1 is 1.14 bits per heavy atom. The van der Waals surface area contributed by atoms with Crippen LogP contribution in [0.25, 0.3) is 0 Å². The van der Waals surface area contributed by atoms with Crippen molar-refractivity contribution in [3.05, 3.63) is 63.1 Å². The van der Waals surface area contributed by atoms with Gasteiger partial charge in [-0.2, -0.15) is 0 Å². The zero-order chi connectivity index (χ0) is 16.1. The highest BCUT2D eigenvalue weighted by atomic mass is 79.9. The lowest BCUT2D eigenvalue weighted by molar-refractivity contribution is -0.115. The number of amides is 2. The van der Waals surface area contributed by atoms with E-state index in [1.165, 1.54) is 0 Å². The second-order valence-corrected chi connectivity index (χ2v) is 5.97. The molecule has 114 valence electrons. The van der Waals surface area contributed by atoms with E-state index in [1.807, 2.05) is 6.92 Å². The van der Waals surface area contributed by atoms with Gasteiger partial charge in [-0.3, -0.25) is 9.59 Å². The quantitative estimate of drug-likeness (QED) is 0.847. The Morgan fingerprint density at radius 2 is 1.82 bits per heavy atom. The molecule has 22 heavy (non-hydrogen) atoms. The largest absolute Gasteiger partial charge is 0.343 e. The van der Waals surface area contributed by atoms with Crippen molar-refractivity contribution < 1.29 is 9.59 Å². The van der Waals surface area contributed by atoms with E-state index in [2.05, 4.69) is 26.6 Å². The Kier molecular flexibility index (Phi) is 5.57. The first kappa shape index (κ1) is 16.5. The number of rotatable bonds is 4. The van der Waals surface area contributed by atoms with Gasteiger partial charge in [0, 0.05) is 20.7 Å². The van der Waals surface area contributed by atoms with Gasteiger partial charge in [0.25, 0.3) is 5.91 Å². The van der Waals surface area contributed by atoms with Crippen LogP contribution in [0, 0.1) is 6.92 Å². The zero-order valence-electron chi connectivity index (χ0n) is 11.8. The third-order valence-electron chi connectivity index (χ3n) is 3.06. The third-order valence-corrected chi connectivity index (χ3v) is 4.00. The van der Waals surface area contributed by atoms with Crippen LogP contribution in [0.1, 0.15) is 15.9 Å². The predicted octanol–water partition coefficient (Wildman–Crippen LogP) is 3.78. The Morgan fingerprint density at radius 3 is 2.50 bits per heavy atom. The summed E-state index contributed by atoms with van der Waals surface area (Å²) in [6, 6.07) is 12.2. The fraction of sp³-hybridized carbons (Fsp3) is 0.125. The monoisotopic (exact) mass is 380 g/mol. The average Bonchev–Trinajstić information content (AvgIpc) is 2.50. The number of carbonyl (C=O) groups is 2. The highest BCUT2D eigenvalue weighted by molar-refractivity contribution is 9.10. The summed E-state index contributed by atoms with van der Waals surface area (Å²) in [5.41, 5.74) is 1.92. The Labute approximate surface area is 142 Å². The standard InChI is InChI=1S/C16H14BrClN2O2/c1-10-13(18)3-2-4-14(10)20-15(21)9-19-16(22)11-5-7-12(17)8-6-11/h2-8H,9H2,1H3,(H,19,22)(H,20,21). The molecule has 4 nitrogen and oxygen atoms in total. The van der Waals surface area contributed by atoms with Gasteiger partial charge in [0.15, 0.2) is 0 Å².